The average Bonchev–Trinajstić information content (AvgIpc) is 3.06. The summed E-state index contributed by atoms with van der Waals surface area (Å²) in [5.74, 6) is 1.15. The summed E-state index contributed by atoms with van der Waals surface area (Å²) in [6.45, 7) is 6.04. The molecule has 0 fully saturated rings. The lowest BCUT2D eigenvalue weighted by atomic mass is 10.3. The Kier molecular flexibility index (Phi) is 9.70. The highest BCUT2D eigenvalue weighted by atomic mass is 127. The van der Waals surface area contributed by atoms with Crippen LogP contribution in [-0.2, 0) is 6.54 Å². The van der Waals surface area contributed by atoms with Crippen LogP contribution in [0.1, 0.15) is 18.7 Å². The Bertz CT molecular complexity index is 605. The molecule has 0 aliphatic carbocycles. The summed E-state index contributed by atoms with van der Waals surface area (Å²) >= 11 is 1.69. The second-order valence-corrected chi connectivity index (χ2v) is 6.07. The van der Waals surface area contributed by atoms with Gasteiger partial charge < -0.3 is 15.4 Å². The van der Waals surface area contributed by atoms with Crippen molar-refractivity contribution in [1.29, 1.82) is 0 Å². The van der Waals surface area contributed by atoms with E-state index in [1.807, 2.05) is 25.3 Å². The normalized spacial score (nSPS) is 12.2. The van der Waals surface area contributed by atoms with E-state index in [0.717, 1.165) is 12.5 Å². The Balaban J connectivity index is 0.00000288. The number of hydrogen-bond acceptors (Lipinski definition) is 3. The molecule has 0 radical (unpaired) electrons. The molecule has 0 aliphatic rings. The molecule has 1 unspecified atom stereocenters. The standard InChI is InChI=1S/C17H22FN3OS.HI/c1-3-19-17(21-12-16-5-4-10-23-16)20-11-13(2)22-15-8-6-14(18)7-9-15;/h4-10,13H,3,11-12H2,1-2H3,(H2,19,20,21);1H. The van der Waals surface area contributed by atoms with Crippen molar-refractivity contribution in [3.8, 4) is 5.75 Å². The summed E-state index contributed by atoms with van der Waals surface area (Å²) in [4.78, 5) is 5.77. The number of guanidine groups is 1. The summed E-state index contributed by atoms with van der Waals surface area (Å²) < 4.78 is 18.6. The van der Waals surface area contributed by atoms with Crippen molar-refractivity contribution in [3.63, 3.8) is 0 Å². The van der Waals surface area contributed by atoms with Crippen LogP contribution >= 0.6 is 35.3 Å². The van der Waals surface area contributed by atoms with Crippen LogP contribution in [0.25, 0.3) is 0 Å². The van der Waals surface area contributed by atoms with Gasteiger partial charge in [0.25, 0.3) is 0 Å². The maximum atomic E-state index is 12.9. The number of nitrogens with one attached hydrogen (secondary N) is 2. The molecule has 132 valence electrons. The molecule has 4 nitrogen and oxygen atoms in total. The lowest BCUT2D eigenvalue weighted by molar-refractivity contribution is 0.223. The molecule has 1 atom stereocenters. The van der Waals surface area contributed by atoms with Crippen molar-refractivity contribution < 1.29 is 9.13 Å². The van der Waals surface area contributed by atoms with E-state index in [1.54, 1.807) is 23.5 Å². The highest BCUT2D eigenvalue weighted by Gasteiger charge is 2.06. The molecule has 2 N–H and O–H groups in total. The average molecular weight is 463 g/mol. The first-order valence-electron chi connectivity index (χ1n) is 7.64. The zero-order valence-electron chi connectivity index (χ0n) is 13.8. The molecule has 2 aromatic rings. The summed E-state index contributed by atoms with van der Waals surface area (Å²) in [5, 5.41) is 8.51. The van der Waals surface area contributed by atoms with Gasteiger partial charge in [-0.05, 0) is 49.6 Å². The highest BCUT2D eigenvalue weighted by molar-refractivity contribution is 14.0. The topological polar surface area (TPSA) is 45.7 Å². The number of thiophene rings is 1. The van der Waals surface area contributed by atoms with Gasteiger partial charge in [-0.1, -0.05) is 6.07 Å². The van der Waals surface area contributed by atoms with Crippen LogP contribution in [0.15, 0.2) is 46.8 Å². The largest absolute Gasteiger partial charge is 0.489 e. The first kappa shape index (κ1) is 20.7. The number of ether oxygens (including phenoxy) is 1. The zero-order valence-corrected chi connectivity index (χ0v) is 16.9. The number of hydrogen-bond donors (Lipinski definition) is 2. The Morgan fingerprint density at radius 2 is 2.00 bits per heavy atom. The van der Waals surface area contributed by atoms with Crippen molar-refractivity contribution in [3.05, 3.63) is 52.5 Å². The molecule has 0 saturated carbocycles. The van der Waals surface area contributed by atoms with Gasteiger partial charge in [-0.25, -0.2) is 9.38 Å². The Morgan fingerprint density at radius 3 is 2.62 bits per heavy atom. The number of aliphatic imine (C=N–C) groups is 1. The van der Waals surface area contributed by atoms with Gasteiger partial charge in [0.1, 0.15) is 17.7 Å². The molecule has 0 aliphatic heterocycles. The third-order valence-electron chi connectivity index (χ3n) is 3.03. The van der Waals surface area contributed by atoms with Crippen molar-refractivity contribution in [1.82, 2.24) is 10.6 Å². The molecule has 24 heavy (non-hydrogen) atoms. The molecule has 1 aromatic carbocycles. The first-order chi connectivity index (χ1) is 11.2. The Morgan fingerprint density at radius 1 is 1.25 bits per heavy atom. The molecular weight excluding hydrogens is 440 g/mol. The molecule has 0 saturated heterocycles. The van der Waals surface area contributed by atoms with Crippen molar-refractivity contribution in [2.45, 2.75) is 26.5 Å². The fourth-order valence-electron chi connectivity index (χ4n) is 1.93. The summed E-state index contributed by atoms with van der Waals surface area (Å²) in [5.41, 5.74) is 0. The van der Waals surface area contributed by atoms with E-state index in [0.29, 0.717) is 18.8 Å². The van der Waals surface area contributed by atoms with E-state index < -0.39 is 0 Å². The van der Waals surface area contributed by atoms with Crippen molar-refractivity contribution >= 4 is 41.3 Å². The summed E-state index contributed by atoms with van der Waals surface area (Å²) in [6.07, 6.45) is -0.0638. The van der Waals surface area contributed by atoms with Crippen LogP contribution in [0.5, 0.6) is 5.75 Å². The predicted octanol–water partition coefficient (Wildman–Crippen LogP) is 4.03. The van der Waals surface area contributed by atoms with Crippen LogP contribution in [0.2, 0.25) is 0 Å². The second kappa shape index (κ2) is 11.2. The van der Waals surface area contributed by atoms with Crippen LogP contribution < -0.4 is 15.4 Å². The zero-order chi connectivity index (χ0) is 16.5. The Labute approximate surface area is 163 Å². The molecule has 7 heteroatoms. The second-order valence-electron chi connectivity index (χ2n) is 5.04. The molecule has 2 rings (SSSR count). The van der Waals surface area contributed by atoms with E-state index >= 15 is 0 Å². The van der Waals surface area contributed by atoms with Crippen LogP contribution in [0, 0.1) is 5.82 Å². The lowest BCUT2D eigenvalue weighted by Gasteiger charge is -2.17. The maximum absolute atomic E-state index is 12.9. The number of benzene rings is 1. The number of rotatable bonds is 7. The smallest absolute Gasteiger partial charge is 0.191 e. The fourth-order valence-corrected chi connectivity index (χ4v) is 2.56. The van der Waals surface area contributed by atoms with Gasteiger partial charge in [0.15, 0.2) is 5.96 Å². The fraction of sp³-hybridized carbons (Fsp3) is 0.353. The summed E-state index contributed by atoms with van der Waals surface area (Å²) in [7, 11) is 0. The predicted molar refractivity (Wildman–Crippen MR) is 109 cm³/mol. The molecule has 0 bridgehead atoms. The Hall–Kier alpha value is -1.35. The molecule has 1 aromatic heterocycles. The van der Waals surface area contributed by atoms with Gasteiger partial charge in [0.2, 0.25) is 0 Å². The third kappa shape index (κ3) is 7.48. The highest BCUT2D eigenvalue weighted by Crippen LogP contribution is 2.12. The van der Waals surface area contributed by atoms with Crippen LogP contribution in [-0.4, -0.2) is 25.2 Å². The van der Waals surface area contributed by atoms with Crippen molar-refractivity contribution in [2.75, 3.05) is 13.1 Å². The van der Waals surface area contributed by atoms with Gasteiger partial charge >= 0.3 is 0 Å². The van der Waals surface area contributed by atoms with E-state index in [-0.39, 0.29) is 35.9 Å². The van der Waals surface area contributed by atoms with Gasteiger partial charge in [-0.15, -0.1) is 35.3 Å². The van der Waals surface area contributed by atoms with Crippen molar-refractivity contribution in [2.24, 2.45) is 4.99 Å². The minimum atomic E-state index is -0.265. The SMILES string of the molecule is CCNC(=NCc1cccs1)NCC(C)Oc1ccc(F)cc1.I. The third-order valence-corrected chi connectivity index (χ3v) is 3.89. The van der Waals surface area contributed by atoms with Gasteiger partial charge in [-0.2, -0.15) is 0 Å². The summed E-state index contributed by atoms with van der Waals surface area (Å²) in [6, 6.07) is 10.1. The van der Waals surface area contributed by atoms with E-state index in [2.05, 4.69) is 21.7 Å². The van der Waals surface area contributed by atoms with Crippen LogP contribution in [0.3, 0.4) is 0 Å². The quantitative estimate of drug-likeness (QED) is 0.371. The lowest BCUT2D eigenvalue weighted by Crippen LogP contribution is -2.41. The molecule has 1 heterocycles. The monoisotopic (exact) mass is 463 g/mol. The minimum absolute atomic E-state index is 0. The van der Waals surface area contributed by atoms with Crippen LogP contribution in [0.4, 0.5) is 4.39 Å². The van der Waals surface area contributed by atoms with E-state index in [1.165, 1.54) is 17.0 Å². The minimum Gasteiger partial charge on any atom is -0.489 e. The van der Waals surface area contributed by atoms with Gasteiger partial charge in [0.05, 0.1) is 13.1 Å². The number of nitrogens with zero attached hydrogens (tertiary/aromatic N) is 1. The molecule has 0 spiro atoms. The molecular formula is C17H23FIN3OS. The van der Waals surface area contributed by atoms with Gasteiger partial charge in [-0.3, -0.25) is 0 Å². The first-order valence-corrected chi connectivity index (χ1v) is 8.52. The van der Waals surface area contributed by atoms with Gasteiger partial charge in [0, 0.05) is 11.4 Å². The number of halogens is 2. The maximum Gasteiger partial charge on any atom is 0.191 e. The van der Waals surface area contributed by atoms with E-state index in [4.69, 9.17) is 4.74 Å². The molecule has 0 amide bonds. The van der Waals surface area contributed by atoms with E-state index in [9.17, 15) is 4.39 Å².